The standard InChI is InChI=1S/C19H20N2OS/c1-5-19(2,3)21-18(23)20-16-13-15(11-12-17(16)22-4)14-9-7-6-8-10-14/h1,6-13H,2-4H3,(H2,20,21,23). The highest BCUT2D eigenvalue weighted by atomic mass is 32.1. The van der Waals surface area contributed by atoms with Gasteiger partial charge in [-0.25, -0.2) is 0 Å². The van der Waals surface area contributed by atoms with E-state index in [1.807, 2.05) is 50.2 Å². The second kappa shape index (κ2) is 7.17. The minimum Gasteiger partial charge on any atom is -0.495 e. The molecule has 0 aliphatic rings. The third-order valence-corrected chi connectivity index (χ3v) is 3.55. The van der Waals surface area contributed by atoms with Crippen LogP contribution in [0.3, 0.4) is 0 Å². The SMILES string of the molecule is C#CC(C)(C)NC(=S)Nc1cc(-c2ccccc2)ccc1OC. The lowest BCUT2D eigenvalue weighted by Gasteiger charge is -2.23. The molecule has 2 N–H and O–H groups in total. The maximum Gasteiger partial charge on any atom is 0.172 e. The van der Waals surface area contributed by atoms with Crippen molar-refractivity contribution in [3.05, 3.63) is 48.5 Å². The fourth-order valence-corrected chi connectivity index (χ4v) is 2.45. The minimum absolute atomic E-state index is 0.455. The summed E-state index contributed by atoms with van der Waals surface area (Å²) in [6.07, 6.45) is 5.48. The van der Waals surface area contributed by atoms with Gasteiger partial charge in [-0.05, 0) is 49.3 Å². The van der Waals surface area contributed by atoms with Gasteiger partial charge in [0.2, 0.25) is 0 Å². The molecule has 0 spiro atoms. The monoisotopic (exact) mass is 324 g/mol. The van der Waals surface area contributed by atoms with Crippen LogP contribution in [0.25, 0.3) is 11.1 Å². The lowest BCUT2D eigenvalue weighted by Crippen LogP contribution is -2.44. The molecule has 2 aromatic rings. The molecule has 0 fully saturated rings. The maximum absolute atomic E-state index is 5.48. The van der Waals surface area contributed by atoms with Crippen molar-refractivity contribution >= 4 is 23.0 Å². The van der Waals surface area contributed by atoms with Crippen LogP contribution < -0.4 is 15.4 Å². The molecule has 0 aliphatic heterocycles. The summed E-state index contributed by atoms with van der Waals surface area (Å²) in [5.74, 6) is 3.37. The Bertz CT molecular complexity index is 733. The van der Waals surface area contributed by atoms with Crippen molar-refractivity contribution in [2.45, 2.75) is 19.4 Å². The predicted molar refractivity (Wildman–Crippen MR) is 101 cm³/mol. The fraction of sp³-hybridized carbons (Fsp3) is 0.211. The molecule has 4 heteroatoms. The lowest BCUT2D eigenvalue weighted by molar-refractivity contribution is 0.417. The highest BCUT2D eigenvalue weighted by Gasteiger charge is 2.15. The van der Waals surface area contributed by atoms with Crippen molar-refractivity contribution in [3.8, 4) is 29.2 Å². The Morgan fingerprint density at radius 2 is 1.83 bits per heavy atom. The first kappa shape index (κ1) is 16.9. The number of hydrogen-bond donors (Lipinski definition) is 2. The number of terminal acetylenes is 1. The zero-order valence-corrected chi connectivity index (χ0v) is 14.3. The van der Waals surface area contributed by atoms with E-state index in [1.54, 1.807) is 7.11 Å². The van der Waals surface area contributed by atoms with Crippen LogP contribution in [0.15, 0.2) is 48.5 Å². The molecule has 0 atom stereocenters. The van der Waals surface area contributed by atoms with Gasteiger partial charge in [0.05, 0.1) is 18.3 Å². The second-order valence-electron chi connectivity index (χ2n) is 5.63. The highest BCUT2D eigenvalue weighted by molar-refractivity contribution is 7.80. The lowest BCUT2D eigenvalue weighted by atomic mass is 10.0. The Morgan fingerprint density at radius 3 is 2.43 bits per heavy atom. The number of anilines is 1. The van der Waals surface area contributed by atoms with E-state index in [9.17, 15) is 0 Å². The zero-order valence-electron chi connectivity index (χ0n) is 13.5. The first-order valence-corrected chi connectivity index (χ1v) is 7.66. The van der Waals surface area contributed by atoms with Crippen molar-refractivity contribution in [3.63, 3.8) is 0 Å². The summed E-state index contributed by atoms with van der Waals surface area (Å²) in [6, 6.07) is 16.1. The summed E-state index contributed by atoms with van der Waals surface area (Å²) in [4.78, 5) is 0. The Balaban J connectivity index is 2.27. The number of hydrogen-bond acceptors (Lipinski definition) is 2. The van der Waals surface area contributed by atoms with Crippen LogP contribution >= 0.6 is 12.2 Å². The number of ether oxygens (including phenoxy) is 1. The van der Waals surface area contributed by atoms with Gasteiger partial charge < -0.3 is 15.4 Å². The normalized spacial score (nSPS) is 10.5. The average Bonchev–Trinajstić information content (AvgIpc) is 2.55. The molecule has 0 saturated heterocycles. The van der Waals surface area contributed by atoms with Gasteiger partial charge in [-0.15, -0.1) is 6.42 Å². The molecule has 3 nitrogen and oxygen atoms in total. The summed E-state index contributed by atoms with van der Waals surface area (Å²) in [6.45, 7) is 3.78. The van der Waals surface area contributed by atoms with Gasteiger partial charge in [-0.2, -0.15) is 0 Å². The second-order valence-corrected chi connectivity index (χ2v) is 6.04. The maximum atomic E-state index is 5.48. The van der Waals surface area contributed by atoms with Gasteiger partial charge in [0.1, 0.15) is 5.75 Å². The number of nitrogens with one attached hydrogen (secondary N) is 2. The van der Waals surface area contributed by atoms with Crippen molar-refractivity contribution in [2.24, 2.45) is 0 Å². The fourth-order valence-electron chi connectivity index (χ4n) is 2.09. The van der Waals surface area contributed by atoms with Crippen LogP contribution in [-0.4, -0.2) is 17.8 Å². The van der Waals surface area contributed by atoms with E-state index in [0.717, 1.165) is 16.8 Å². The molecule has 2 rings (SSSR count). The summed E-state index contributed by atoms with van der Waals surface area (Å²) < 4.78 is 5.40. The topological polar surface area (TPSA) is 33.3 Å². The molecule has 0 saturated carbocycles. The molecular formula is C19H20N2OS. The predicted octanol–water partition coefficient (Wildman–Crippen LogP) is 4.06. The van der Waals surface area contributed by atoms with Crippen LogP contribution in [0.5, 0.6) is 5.75 Å². The van der Waals surface area contributed by atoms with E-state index in [0.29, 0.717) is 10.9 Å². The van der Waals surface area contributed by atoms with E-state index in [1.165, 1.54) is 0 Å². The third kappa shape index (κ3) is 4.48. The average molecular weight is 324 g/mol. The third-order valence-electron chi connectivity index (χ3n) is 3.34. The largest absolute Gasteiger partial charge is 0.495 e. The minimum atomic E-state index is -0.519. The summed E-state index contributed by atoms with van der Waals surface area (Å²) in [5, 5.41) is 6.71. The molecule has 2 aromatic carbocycles. The number of benzene rings is 2. The van der Waals surface area contributed by atoms with E-state index < -0.39 is 5.54 Å². The number of thiocarbonyl (C=S) groups is 1. The molecule has 0 aromatic heterocycles. The molecular weight excluding hydrogens is 304 g/mol. The van der Waals surface area contributed by atoms with Gasteiger partial charge in [0.15, 0.2) is 5.11 Å². The van der Waals surface area contributed by atoms with E-state index >= 15 is 0 Å². The van der Waals surface area contributed by atoms with Crippen LogP contribution in [0.1, 0.15) is 13.8 Å². The number of methoxy groups -OCH3 is 1. The smallest absolute Gasteiger partial charge is 0.172 e. The van der Waals surface area contributed by atoms with Crippen molar-refractivity contribution in [1.82, 2.24) is 5.32 Å². The molecule has 23 heavy (non-hydrogen) atoms. The van der Waals surface area contributed by atoms with Crippen molar-refractivity contribution in [1.29, 1.82) is 0 Å². The molecule has 0 unspecified atom stereocenters. The van der Waals surface area contributed by atoms with E-state index in [-0.39, 0.29) is 0 Å². The van der Waals surface area contributed by atoms with E-state index in [2.05, 4.69) is 28.7 Å². The van der Waals surface area contributed by atoms with Crippen LogP contribution in [0.4, 0.5) is 5.69 Å². The molecule has 0 amide bonds. The van der Waals surface area contributed by atoms with Crippen LogP contribution in [0.2, 0.25) is 0 Å². The zero-order chi connectivity index (χ0) is 16.9. The Kier molecular flexibility index (Phi) is 5.25. The molecule has 118 valence electrons. The van der Waals surface area contributed by atoms with E-state index in [4.69, 9.17) is 23.4 Å². The van der Waals surface area contributed by atoms with Gasteiger partial charge in [0.25, 0.3) is 0 Å². The molecule has 0 heterocycles. The Hall–Kier alpha value is -2.51. The summed E-state index contributed by atoms with van der Waals surface area (Å²) >= 11 is 5.34. The first-order chi connectivity index (χ1) is 10.9. The van der Waals surface area contributed by atoms with Crippen molar-refractivity contribution in [2.75, 3.05) is 12.4 Å². The van der Waals surface area contributed by atoms with Gasteiger partial charge in [-0.1, -0.05) is 42.3 Å². The van der Waals surface area contributed by atoms with Crippen molar-refractivity contribution < 1.29 is 4.74 Å². The quantitative estimate of drug-likeness (QED) is 0.656. The molecule has 0 aliphatic carbocycles. The highest BCUT2D eigenvalue weighted by Crippen LogP contribution is 2.30. The molecule has 0 bridgehead atoms. The van der Waals surface area contributed by atoms with Gasteiger partial charge in [0, 0.05) is 0 Å². The Morgan fingerprint density at radius 1 is 1.13 bits per heavy atom. The first-order valence-electron chi connectivity index (χ1n) is 7.25. The number of rotatable bonds is 4. The molecule has 0 radical (unpaired) electrons. The summed E-state index contributed by atoms with van der Waals surface area (Å²) in [7, 11) is 1.63. The summed E-state index contributed by atoms with van der Waals surface area (Å²) in [5.41, 5.74) is 2.47. The van der Waals surface area contributed by atoms with Gasteiger partial charge >= 0.3 is 0 Å². The van der Waals surface area contributed by atoms with Crippen LogP contribution in [0, 0.1) is 12.3 Å². The Labute approximate surface area is 143 Å². The van der Waals surface area contributed by atoms with Crippen LogP contribution in [-0.2, 0) is 0 Å². The van der Waals surface area contributed by atoms with Gasteiger partial charge in [-0.3, -0.25) is 0 Å².